The van der Waals surface area contributed by atoms with Gasteiger partial charge < -0.3 is 10.3 Å². The van der Waals surface area contributed by atoms with Gasteiger partial charge in [-0.2, -0.15) is 0 Å². The number of hydrogen-bond acceptors (Lipinski definition) is 2. The Morgan fingerprint density at radius 3 is 2.80 bits per heavy atom. The van der Waals surface area contributed by atoms with E-state index in [0.717, 1.165) is 4.60 Å². The van der Waals surface area contributed by atoms with Gasteiger partial charge in [0.1, 0.15) is 4.60 Å². The van der Waals surface area contributed by atoms with Gasteiger partial charge in [0.05, 0.1) is 0 Å². The minimum Gasteiger partial charge on any atom is -0.369 e. The molecule has 10 heavy (non-hydrogen) atoms. The maximum Gasteiger partial charge on any atom is 0.201 e. The zero-order valence-electron chi connectivity index (χ0n) is 5.42. The fraction of sp³-hybridized carbons (Fsp3) is 0.500. The summed E-state index contributed by atoms with van der Waals surface area (Å²) in [7, 11) is 0. The highest BCUT2D eigenvalue weighted by Crippen LogP contribution is 2.37. The van der Waals surface area contributed by atoms with Crippen molar-refractivity contribution in [2.75, 3.05) is 5.73 Å². The van der Waals surface area contributed by atoms with E-state index in [9.17, 15) is 0 Å². The van der Waals surface area contributed by atoms with E-state index in [-0.39, 0.29) is 0 Å². The first-order valence-electron chi connectivity index (χ1n) is 3.27. The number of nitrogen functional groups attached to an aromatic ring is 1. The highest BCUT2D eigenvalue weighted by molar-refractivity contribution is 9.10. The molecule has 2 rings (SSSR count). The molecule has 1 aromatic heterocycles. The summed E-state index contributed by atoms with van der Waals surface area (Å²) in [6, 6.07) is 0.624. The monoisotopic (exact) mass is 201 g/mol. The Hall–Kier alpha value is -0.510. The Kier molecular flexibility index (Phi) is 1.23. The Morgan fingerprint density at radius 2 is 2.40 bits per heavy atom. The van der Waals surface area contributed by atoms with Crippen LogP contribution in [0.1, 0.15) is 18.9 Å². The molecule has 0 saturated heterocycles. The molecule has 1 aromatic rings. The predicted octanol–water partition coefficient (Wildman–Crippen LogP) is 1.56. The van der Waals surface area contributed by atoms with Crippen LogP contribution in [0.3, 0.4) is 0 Å². The van der Waals surface area contributed by atoms with Crippen LogP contribution >= 0.6 is 15.9 Å². The van der Waals surface area contributed by atoms with Crippen molar-refractivity contribution >= 4 is 21.9 Å². The van der Waals surface area contributed by atoms with Crippen molar-refractivity contribution in [3.05, 3.63) is 10.8 Å². The van der Waals surface area contributed by atoms with E-state index in [1.165, 1.54) is 12.8 Å². The van der Waals surface area contributed by atoms with Crippen LogP contribution in [0.15, 0.2) is 10.8 Å². The van der Waals surface area contributed by atoms with E-state index in [4.69, 9.17) is 5.73 Å². The van der Waals surface area contributed by atoms with Crippen molar-refractivity contribution < 1.29 is 0 Å². The molecule has 1 fully saturated rings. The lowest BCUT2D eigenvalue weighted by Crippen LogP contribution is -1.98. The van der Waals surface area contributed by atoms with E-state index in [2.05, 4.69) is 20.9 Å². The molecule has 4 heteroatoms. The number of aromatic nitrogens is 2. The summed E-state index contributed by atoms with van der Waals surface area (Å²) in [4.78, 5) is 4.03. The average molecular weight is 202 g/mol. The zero-order chi connectivity index (χ0) is 7.14. The largest absolute Gasteiger partial charge is 0.369 e. The quantitative estimate of drug-likeness (QED) is 0.750. The molecule has 1 aliphatic rings. The van der Waals surface area contributed by atoms with Gasteiger partial charge in [0, 0.05) is 12.2 Å². The number of halogens is 1. The van der Waals surface area contributed by atoms with Crippen LogP contribution in [0.2, 0.25) is 0 Å². The molecule has 1 heterocycles. The van der Waals surface area contributed by atoms with Crippen molar-refractivity contribution in [3.8, 4) is 0 Å². The summed E-state index contributed by atoms with van der Waals surface area (Å²) < 4.78 is 2.85. The van der Waals surface area contributed by atoms with Gasteiger partial charge in [0.15, 0.2) is 0 Å². The zero-order valence-corrected chi connectivity index (χ0v) is 7.00. The first-order valence-corrected chi connectivity index (χ1v) is 4.06. The molecule has 0 unspecified atom stereocenters. The van der Waals surface area contributed by atoms with Gasteiger partial charge in [-0.25, -0.2) is 4.98 Å². The third kappa shape index (κ3) is 0.923. The van der Waals surface area contributed by atoms with E-state index in [1.807, 2.05) is 10.8 Å². The predicted molar refractivity (Wildman–Crippen MR) is 42.6 cm³/mol. The standard InChI is InChI=1S/C6H8BrN3/c7-5-3-10(4-1-2-4)6(8)9-5/h3-4H,1-2H2,(H2,8,9). The molecule has 0 aromatic carbocycles. The third-order valence-electron chi connectivity index (χ3n) is 1.67. The molecule has 0 amide bonds. The second-order valence-electron chi connectivity index (χ2n) is 2.56. The second kappa shape index (κ2) is 1.99. The number of nitrogens with zero attached hydrogens (tertiary/aromatic N) is 2. The van der Waals surface area contributed by atoms with Crippen LogP contribution in [0.4, 0.5) is 5.95 Å². The van der Waals surface area contributed by atoms with Crippen LogP contribution in [-0.2, 0) is 0 Å². The molecule has 0 spiro atoms. The smallest absolute Gasteiger partial charge is 0.201 e. The molecule has 54 valence electrons. The Morgan fingerprint density at radius 1 is 1.70 bits per heavy atom. The van der Waals surface area contributed by atoms with E-state index < -0.39 is 0 Å². The molecule has 1 saturated carbocycles. The van der Waals surface area contributed by atoms with Gasteiger partial charge in [-0.1, -0.05) is 0 Å². The lowest BCUT2D eigenvalue weighted by Gasteiger charge is -1.97. The lowest BCUT2D eigenvalue weighted by atomic mass is 10.7. The molecule has 0 aliphatic heterocycles. The van der Waals surface area contributed by atoms with Gasteiger partial charge in [-0.3, -0.25) is 0 Å². The summed E-state index contributed by atoms with van der Waals surface area (Å²) >= 11 is 3.27. The number of hydrogen-bond donors (Lipinski definition) is 1. The van der Waals surface area contributed by atoms with Crippen molar-refractivity contribution in [1.82, 2.24) is 9.55 Å². The summed E-state index contributed by atoms with van der Waals surface area (Å²) in [5.74, 6) is 0.620. The van der Waals surface area contributed by atoms with Gasteiger partial charge in [-0.05, 0) is 28.8 Å². The number of imidazole rings is 1. The molecule has 1 aliphatic carbocycles. The average Bonchev–Trinajstić information content (AvgIpc) is 2.61. The third-order valence-corrected chi connectivity index (χ3v) is 2.05. The summed E-state index contributed by atoms with van der Waals surface area (Å²) in [5, 5.41) is 0. The highest BCUT2D eigenvalue weighted by atomic mass is 79.9. The summed E-state index contributed by atoms with van der Waals surface area (Å²) in [6.07, 6.45) is 4.42. The number of rotatable bonds is 1. The maximum absolute atomic E-state index is 5.60. The Labute approximate surface area is 67.4 Å². The normalized spacial score (nSPS) is 17.7. The minimum atomic E-state index is 0.620. The van der Waals surface area contributed by atoms with E-state index >= 15 is 0 Å². The van der Waals surface area contributed by atoms with Crippen LogP contribution in [-0.4, -0.2) is 9.55 Å². The first-order chi connectivity index (χ1) is 4.77. The van der Waals surface area contributed by atoms with Crippen LogP contribution < -0.4 is 5.73 Å². The fourth-order valence-electron chi connectivity index (χ4n) is 1.02. The van der Waals surface area contributed by atoms with Gasteiger partial charge in [0.25, 0.3) is 0 Å². The number of nitrogens with two attached hydrogens (primary N) is 1. The van der Waals surface area contributed by atoms with E-state index in [0.29, 0.717) is 12.0 Å². The minimum absolute atomic E-state index is 0.620. The summed E-state index contributed by atoms with van der Waals surface area (Å²) in [6.45, 7) is 0. The Bertz CT molecular complexity index is 251. The van der Waals surface area contributed by atoms with Gasteiger partial charge in [0.2, 0.25) is 5.95 Å². The van der Waals surface area contributed by atoms with Crippen LogP contribution in [0.5, 0.6) is 0 Å². The van der Waals surface area contributed by atoms with Gasteiger partial charge >= 0.3 is 0 Å². The first kappa shape index (κ1) is 6.22. The molecule has 0 radical (unpaired) electrons. The lowest BCUT2D eigenvalue weighted by molar-refractivity contribution is 0.753. The fourth-order valence-corrected chi connectivity index (χ4v) is 1.42. The molecule has 3 nitrogen and oxygen atoms in total. The second-order valence-corrected chi connectivity index (χ2v) is 3.37. The van der Waals surface area contributed by atoms with Crippen molar-refractivity contribution in [2.24, 2.45) is 0 Å². The molecule has 0 bridgehead atoms. The van der Waals surface area contributed by atoms with Crippen LogP contribution in [0, 0.1) is 0 Å². The highest BCUT2D eigenvalue weighted by Gasteiger charge is 2.25. The van der Waals surface area contributed by atoms with Crippen molar-refractivity contribution in [3.63, 3.8) is 0 Å². The summed E-state index contributed by atoms with van der Waals surface area (Å²) in [5.41, 5.74) is 5.60. The molecule has 2 N–H and O–H groups in total. The van der Waals surface area contributed by atoms with Crippen molar-refractivity contribution in [2.45, 2.75) is 18.9 Å². The molecular weight excluding hydrogens is 194 g/mol. The Balaban J connectivity index is 2.38. The molecule has 0 atom stereocenters. The van der Waals surface area contributed by atoms with Gasteiger partial charge in [-0.15, -0.1) is 0 Å². The SMILES string of the molecule is Nc1nc(Br)cn1C1CC1. The number of anilines is 1. The molecular formula is C6H8BrN3. The van der Waals surface area contributed by atoms with Crippen LogP contribution in [0.25, 0.3) is 0 Å². The van der Waals surface area contributed by atoms with E-state index in [1.54, 1.807) is 0 Å². The maximum atomic E-state index is 5.60. The topological polar surface area (TPSA) is 43.8 Å². The van der Waals surface area contributed by atoms with Crippen molar-refractivity contribution in [1.29, 1.82) is 0 Å².